The molecule has 0 unspecified atom stereocenters. The van der Waals surface area contributed by atoms with Crippen LogP contribution in [0.2, 0.25) is 0 Å². The molecule has 0 aliphatic carbocycles. The molecule has 0 radical (unpaired) electrons. The molecule has 0 bridgehead atoms. The van der Waals surface area contributed by atoms with Gasteiger partial charge in [0.15, 0.2) is 5.65 Å². The number of nitrogens with one attached hydrogen (secondary N) is 1. The lowest BCUT2D eigenvalue weighted by atomic mass is 9.97. The molecule has 2 aromatic heterocycles. The van der Waals surface area contributed by atoms with E-state index in [4.69, 9.17) is 9.72 Å². The third kappa shape index (κ3) is 3.90. The molecule has 0 spiro atoms. The van der Waals surface area contributed by atoms with Crippen molar-refractivity contribution in [3.8, 4) is 0 Å². The number of aromatic nitrogens is 3. The molecule has 1 aliphatic rings. The van der Waals surface area contributed by atoms with E-state index in [0.717, 1.165) is 42.8 Å². The second kappa shape index (κ2) is 7.95. The number of aryl methyl sites for hydroxylation is 4. The van der Waals surface area contributed by atoms with Gasteiger partial charge in [-0.05, 0) is 57.2 Å². The number of ether oxygens (including phenoxy) is 1. The smallest absolute Gasteiger partial charge is 0.256 e. The average Bonchev–Trinajstić information content (AvgIpc) is 3.35. The van der Waals surface area contributed by atoms with E-state index < -0.39 is 0 Å². The van der Waals surface area contributed by atoms with E-state index in [9.17, 15) is 4.79 Å². The van der Waals surface area contributed by atoms with E-state index >= 15 is 0 Å². The number of fused-ring (bicyclic) bond motifs is 1. The second-order valence-electron chi connectivity index (χ2n) is 8.01. The Morgan fingerprint density at radius 2 is 2.10 bits per heavy atom. The summed E-state index contributed by atoms with van der Waals surface area (Å²) in [6, 6.07) is 6.52. The fourth-order valence-electron chi connectivity index (χ4n) is 4.02. The predicted octanol–water partition coefficient (Wildman–Crippen LogP) is 3.46. The zero-order valence-electron chi connectivity index (χ0n) is 17.6. The Bertz CT molecular complexity index is 1060. The number of hydrogen-bond acceptors (Lipinski definition) is 4. The van der Waals surface area contributed by atoms with Gasteiger partial charge in [0.05, 0.1) is 12.3 Å². The number of hydrogen-bond donors (Lipinski definition) is 1. The Labute approximate surface area is 171 Å². The van der Waals surface area contributed by atoms with E-state index in [0.29, 0.717) is 17.8 Å². The first-order chi connectivity index (χ1) is 13.9. The molecule has 0 saturated carbocycles. The van der Waals surface area contributed by atoms with Crippen LogP contribution in [0.5, 0.6) is 0 Å². The summed E-state index contributed by atoms with van der Waals surface area (Å²) in [7, 11) is 0. The molecule has 4 rings (SSSR count). The molecule has 29 heavy (non-hydrogen) atoms. The summed E-state index contributed by atoms with van der Waals surface area (Å²) in [5.41, 5.74) is 8.03. The van der Waals surface area contributed by atoms with Crippen molar-refractivity contribution in [3.05, 3.63) is 63.6 Å². The minimum absolute atomic E-state index is 0.112. The summed E-state index contributed by atoms with van der Waals surface area (Å²) in [6.45, 7) is 9.60. The molecule has 6 heteroatoms. The van der Waals surface area contributed by atoms with Crippen molar-refractivity contribution in [1.29, 1.82) is 0 Å². The van der Waals surface area contributed by atoms with Crippen LogP contribution in [-0.4, -0.2) is 39.8 Å². The first kappa shape index (κ1) is 19.6. The minimum Gasteiger partial charge on any atom is -0.376 e. The highest BCUT2D eigenvalue weighted by atomic mass is 16.5. The van der Waals surface area contributed by atoms with Crippen LogP contribution >= 0.6 is 0 Å². The summed E-state index contributed by atoms with van der Waals surface area (Å²) in [5, 5.41) is 7.43. The zero-order chi connectivity index (χ0) is 20.5. The first-order valence-corrected chi connectivity index (χ1v) is 10.2. The first-order valence-electron chi connectivity index (χ1n) is 10.2. The normalized spacial score (nSPS) is 16.5. The van der Waals surface area contributed by atoms with Gasteiger partial charge >= 0.3 is 0 Å². The van der Waals surface area contributed by atoms with Crippen molar-refractivity contribution >= 4 is 11.6 Å². The molecule has 3 heterocycles. The van der Waals surface area contributed by atoms with Gasteiger partial charge in [0.25, 0.3) is 5.91 Å². The van der Waals surface area contributed by atoms with Crippen LogP contribution in [0.3, 0.4) is 0 Å². The number of carbonyl (C=O) groups excluding carboxylic acids is 1. The summed E-state index contributed by atoms with van der Waals surface area (Å²) in [4.78, 5) is 17.5. The number of carbonyl (C=O) groups is 1. The van der Waals surface area contributed by atoms with Crippen LogP contribution in [0.25, 0.3) is 5.65 Å². The van der Waals surface area contributed by atoms with Crippen molar-refractivity contribution < 1.29 is 9.53 Å². The van der Waals surface area contributed by atoms with Crippen LogP contribution in [0.1, 0.15) is 56.8 Å². The Balaban J connectivity index is 1.62. The quantitative estimate of drug-likeness (QED) is 0.722. The highest BCUT2D eigenvalue weighted by Crippen LogP contribution is 2.22. The number of benzene rings is 1. The van der Waals surface area contributed by atoms with Gasteiger partial charge in [-0.2, -0.15) is 5.10 Å². The average molecular weight is 393 g/mol. The maximum Gasteiger partial charge on any atom is 0.256 e. The highest BCUT2D eigenvalue weighted by molar-refractivity contribution is 5.99. The summed E-state index contributed by atoms with van der Waals surface area (Å²) in [5.74, 6) is -0.149. The molecule has 1 atom stereocenters. The van der Waals surface area contributed by atoms with Crippen LogP contribution in [0, 0.1) is 27.7 Å². The number of rotatable bonds is 5. The molecule has 1 fully saturated rings. The van der Waals surface area contributed by atoms with Crippen LogP contribution in [-0.2, 0) is 11.2 Å². The minimum atomic E-state index is -0.149. The van der Waals surface area contributed by atoms with Gasteiger partial charge in [0.1, 0.15) is 5.56 Å². The lowest BCUT2D eigenvalue weighted by Crippen LogP contribution is -2.31. The Morgan fingerprint density at radius 1 is 1.28 bits per heavy atom. The maximum atomic E-state index is 12.7. The molecular weight excluding hydrogens is 364 g/mol. The fourth-order valence-corrected chi connectivity index (χ4v) is 4.02. The number of nitrogens with zero attached hydrogens (tertiary/aromatic N) is 3. The summed E-state index contributed by atoms with van der Waals surface area (Å²) >= 11 is 0. The van der Waals surface area contributed by atoms with E-state index in [1.165, 1.54) is 16.7 Å². The van der Waals surface area contributed by atoms with E-state index in [1.807, 2.05) is 13.8 Å². The third-order valence-corrected chi connectivity index (χ3v) is 5.84. The molecule has 3 aromatic rings. The lowest BCUT2D eigenvalue weighted by molar-refractivity contribution is 0.0859. The van der Waals surface area contributed by atoms with Gasteiger partial charge in [-0.25, -0.2) is 9.50 Å². The van der Waals surface area contributed by atoms with Gasteiger partial charge in [0, 0.05) is 31.0 Å². The second-order valence-corrected chi connectivity index (χ2v) is 8.01. The van der Waals surface area contributed by atoms with Crippen molar-refractivity contribution in [3.63, 3.8) is 0 Å². The van der Waals surface area contributed by atoms with E-state index in [-0.39, 0.29) is 12.0 Å². The summed E-state index contributed by atoms with van der Waals surface area (Å²) in [6.07, 6.45) is 4.57. The fraction of sp³-hybridized carbons (Fsp3) is 0.435. The van der Waals surface area contributed by atoms with Crippen LogP contribution in [0.15, 0.2) is 24.4 Å². The van der Waals surface area contributed by atoms with Gasteiger partial charge < -0.3 is 10.1 Å². The van der Waals surface area contributed by atoms with Crippen molar-refractivity contribution in [2.24, 2.45) is 0 Å². The molecule has 1 amide bonds. The lowest BCUT2D eigenvalue weighted by Gasteiger charge is -2.14. The third-order valence-electron chi connectivity index (χ3n) is 5.84. The molecule has 1 saturated heterocycles. The number of amides is 1. The SMILES string of the molecule is Cc1ccc(C)c(Cc2c(C)nc3c(C(=O)NC[C@@H]4CCCO4)cnn3c2C)c1. The van der Waals surface area contributed by atoms with Crippen LogP contribution in [0.4, 0.5) is 0 Å². The largest absolute Gasteiger partial charge is 0.376 e. The molecule has 1 aliphatic heterocycles. The van der Waals surface area contributed by atoms with Gasteiger partial charge in [0.2, 0.25) is 0 Å². The molecule has 1 aromatic carbocycles. The van der Waals surface area contributed by atoms with Gasteiger partial charge in [-0.3, -0.25) is 4.79 Å². The monoisotopic (exact) mass is 392 g/mol. The standard InChI is InChI=1S/C23H28N4O2/c1-14-7-8-15(2)18(10-14)11-20-16(3)26-22-21(13-25-27(22)17(20)4)23(28)24-12-19-6-5-9-29-19/h7-8,10,13,19H,5-6,9,11-12H2,1-4H3,(H,24,28)/t19-/m0/s1. The van der Waals surface area contributed by atoms with E-state index in [2.05, 4.69) is 42.5 Å². The molecular formula is C23H28N4O2. The highest BCUT2D eigenvalue weighted by Gasteiger charge is 2.21. The zero-order valence-corrected chi connectivity index (χ0v) is 17.6. The Hall–Kier alpha value is -2.73. The van der Waals surface area contributed by atoms with Crippen molar-refractivity contribution in [2.75, 3.05) is 13.2 Å². The molecule has 152 valence electrons. The van der Waals surface area contributed by atoms with Gasteiger partial charge in [-0.1, -0.05) is 23.8 Å². The maximum absolute atomic E-state index is 12.7. The molecule has 1 N–H and O–H groups in total. The van der Waals surface area contributed by atoms with E-state index in [1.54, 1.807) is 10.7 Å². The Morgan fingerprint density at radius 3 is 2.86 bits per heavy atom. The topological polar surface area (TPSA) is 68.5 Å². The van der Waals surface area contributed by atoms with Crippen molar-refractivity contribution in [2.45, 2.75) is 53.1 Å². The van der Waals surface area contributed by atoms with Crippen LogP contribution < -0.4 is 5.32 Å². The van der Waals surface area contributed by atoms with Gasteiger partial charge in [-0.15, -0.1) is 0 Å². The van der Waals surface area contributed by atoms with Crippen molar-refractivity contribution in [1.82, 2.24) is 19.9 Å². The predicted molar refractivity (Wildman–Crippen MR) is 112 cm³/mol. The summed E-state index contributed by atoms with van der Waals surface area (Å²) < 4.78 is 7.37. The Kier molecular flexibility index (Phi) is 5.37. The molecule has 6 nitrogen and oxygen atoms in total.